The zero-order valence-electron chi connectivity index (χ0n) is 15.0. The first-order chi connectivity index (χ1) is 11.8. The molecule has 0 saturated carbocycles. The third-order valence-corrected chi connectivity index (χ3v) is 4.02. The molecule has 7 heteroatoms. The molecular formula is C18H30ClN3O3. The van der Waals surface area contributed by atoms with E-state index in [0.29, 0.717) is 25.3 Å². The highest BCUT2D eigenvalue weighted by atomic mass is 35.5. The summed E-state index contributed by atoms with van der Waals surface area (Å²) in [5.41, 5.74) is 0.668. The molecule has 1 heterocycles. The Hall–Kier alpha value is -1.34. The third-order valence-electron chi connectivity index (χ3n) is 4.02. The summed E-state index contributed by atoms with van der Waals surface area (Å²) in [6, 6.07) is 7.28. The first-order valence-corrected chi connectivity index (χ1v) is 8.72. The fourth-order valence-electron chi connectivity index (χ4n) is 2.64. The number of halogens is 1. The average molecular weight is 372 g/mol. The van der Waals surface area contributed by atoms with E-state index in [-0.39, 0.29) is 18.3 Å². The number of nitrogens with zero attached hydrogens (tertiary/aromatic N) is 1. The average Bonchev–Trinajstić information content (AvgIpc) is 2.63. The number of piperazine rings is 1. The molecule has 0 atom stereocenters. The maximum absolute atomic E-state index is 12.1. The second-order valence-corrected chi connectivity index (χ2v) is 5.92. The van der Waals surface area contributed by atoms with Gasteiger partial charge >= 0.3 is 0 Å². The molecule has 142 valence electrons. The molecular weight excluding hydrogens is 342 g/mol. The molecule has 1 saturated heterocycles. The minimum atomic E-state index is -0.0266. The van der Waals surface area contributed by atoms with Crippen LogP contribution in [-0.2, 0) is 4.74 Å². The predicted molar refractivity (Wildman–Crippen MR) is 102 cm³/mol. The molecule has 25 heavy (non-hydrogen) atoms. The molecule has 0 aromatic heterocycles. The van der Waals surface area contributed by atoms with Crippen LogP contribution in [0.3, 0.4) is 0 Å². The number of nitrogens with one attached hydrogen (secondary N) is 2. The summed E-state index contributed by atoms with van der Waals surface area (Å²) in [6.45, 7) is 7.37. The van der Waals surface area contributed by atoms with Gasteiger partial charge in [-0.15, -0.1) is 12.4 Å². The topological polar surface area (TPSA) is 62.8 Å². The molecule has 1 amide bonds. The van der Waals surface area contributed by atoms with Crippen LogP contribution in [0, 0.1) is 0 Å². The van der Waals surface area contributed by atoms with Crippen LogP contribution in [-0.4, -0.2) is 70.4 Å². The largest absolute Gasteiger partial charge is 0.494 e. The highest BCUT2D eigenvalue weighted by Gasteiger charge is 2.09. The summed E-state index contributed by atoms with van der Waals surface area (Å²) in [4.78, 5) is 14.5. The fourth-order valence-corrected chi connectivity index (χ4v) is 2.64. The van der Waals surface area contributed by atoms with Crippen molar-refractivity contribution in [3.8, 4) is 5.75 Å². The van der Waals surface area contributed by atoms with Gasteiger partial charge in [0.1, 0.15) is 5.75 Å². The molecule has 1 aliphatic heterocycles. The highest BCUT2D eigenvalue weighted by Crippen LogP contribution is 2.12. The number of hydrogen-bond donors (Lipinski definition) is 2. The number of methoxy groups -OCH3 is 1. The van der Waals surface area contributed by atoms with Crippen molar-refractivity contribution in [1.29, 1.82) is 0 Å². The van der Waals surface area contributed by atoms with Gasteiger partial charge in [-0.25, -0.2) is 0 Å². The van der Waals surface area contributed by atoms with Gasteiger partial charge in [-0.2, -0.15) is 0 Å². The minimum absolute atomic E-state index is 0. The van der Waals surface area contributed by atoms with Crippen molar-refractivity contribution in [2.24, 2.45) is 0 Å². The van der Waals surface area contributed by atoms with E-state index in [1.54, 1.807) is 19.2 Å². The van der Waals surface area contributed by atoms with Crippen LogP contribution < -0.4 is 15.4 Å². The Morgan fingerprint density at radius 1 is 1.16 bits per heavy atom. The monoisotopic (exact) mass is 371 g/mol. The number of rotatable bonds is 10. The van der Waals surface area contributed by atoms with E-state index in [1.807, 2.05) is 12.1 Å². The Labute approximate surface area is 156 Å². The van der Waals surface area contributed by atoms with Crippen molar-refractivity contribution in [3.05, 3.63) is 29.8 Å². The van der Waals surface area contributed by atoms with Gasteiger partial charge in [-0.05, 0) is 37.2 Å². The van der Waals surface area contributed by atoms with Gasteiger partial charge in [-0.1, -0.05) is 0 Å². The molecule has 0 spiro atoms. The Bertz CT molecular complexity index is 479. The van der Waals surface area contributed by atoms with Crippen LogP contribution in [0.1, 0.15) is 23.2 Å². The van der Waals surface area contributed by atoms with Crippen LogP contribution in [0.5, 0.6) is 5.75 Å². The van der Waals surface area contributed by atoms with Crippen molar-refractivity contribution < 1.29 is 14.3 Å². The summed E-state index contributed by atoms with van der Waals surface area (Å²) in [5.74, 6) is 0.752. The number of hydrogen-bond acceptors (Lipinski definition) is 5. The van der Waals surface area contributed by atoms with E-state index < -0.39 is 0 Å². The smallest absolute Gasteiger partial charge is 0.251 e. The number of carbonyl (C=O) groups excluding carboxylic acids is 1. The fraction of sp³-hybridized carbons (Fsp3) is 0.611. The lowest BCUT2D eigenvalue weighted by Crippen LogP contribution is -2.44. The lowest BCUT2D eigenvalue weighted by Gasteiger charge is -2.27. The molecule has 1 fully saturated rings. The summed E-state index contributed by atoms with van der Waals surface area (Å²) < 4.78 is 10.6. The Kier molecular flexibility index (Phi) is 11.2. The molecule has 0 unspecified atom stereocenters. The van der Waals surface area contributed by atoms with E-state index >= 15 is 0 Å². The zero-order chi connectivity index (χ0) is 17.0. The zero-order valence-corrected chi connectivity index (χ0v) is 15.8. The van der Waals surface area contributed by atoms with Crippen LogP contribution in [0.25, 0.3) is 0 Å². The molecule has 0 aliphatic carbocycles. The molecule has 0 radical (unpaired) electrons. The van der Waals surface area contributed by atoms with Gasteiger partial charge in [0.05, 0.1) is 6.61 Å². The number of amides is 1. The quantitative estimate of drug-likeness (QED) is 0.611. The van der Waals surface area contributed by atoms with E-state index in [1.165, 1.54) is 0 Å². The summed E-state index contributed by atoms with van der Waals surface area (Å²) in [6.07, 6.45) is 1.83. The normalized spacial score (nSPS) is 14.6. The minimum Gasteiger partial charge on any atom is -0.494 e. The van der Waals surface area contributed by atoms with Crippen molar-refractivity contribution in [1.82, 2.24) is 15.5 Å². The number of carbonyl (C=O) groups is 1. The van der Waals surface area contributed by atoms with Gasteiger partial charge in [0.2, 0.25) is 0 Å². The maximum atomic E-state index is 12.1. The Morgan fingerprint density at radius 2 is 1.88 bits per heavy atom. The Morgan fingerprint density at radius 3 is 2.56 bits per heavy atom. The van der Waals surface area contributed by atoms with Crippen molar-refractivity contribution in [3.63, 3.8) is 0 Å². The predicted octanol–water partition coefficient (Wildman–Crippen LogP) is 1.55. The van der Waals surface area contributed by atoms with Crippen molar-refractivity contribution in [2.45, 2.75) is 12.8 Å². The van der Waals surface area contributed by atoms with Gasteiger partial charge in [0.25, 0.3) is 5.91 Å². The summed E-state index contributed by atoms with van der Waals surface area (Å²) in [5, 5.41) is 6.32. The lowest BCUT2D eigenvalue weighted by atomic mass is 10.2. The van der Waals surface area contributed by atoms with Gasteiger partial charge in [0.15, 0.2) is 0 Å². The number of benzene rings is 1. The first kappa shape index (κ1) is 21.7. The van der Waals surface area contributed by atoms with E-state index in [9.17, 15) is 4.79 Å². The number of ether oxygens (including phenoxy) is 2. The van der Waals surface area contributed by atoms with Gasteiger partial charge in [-0.3, -0.25) is 4.79 Å². The van der Waals surface area contributed by atoms with E-state index in [0.717, 1.165) is 51.3 Å². The molecule has 2 N–H and O–H groups in total. The van der Waals surface area contributed by atoms with Crippen LogP contribution in [0.15, 0.2) is 24.3 Å². The SMILES string of the molecule is COCCCOc1ccc(C(=O)NCCCN2CCNCC2)cc1.Cl. The second kappa shape index (κ2) is 12.9. The van der Waals surface area contributed by atoms with E-state index in [2.05, 4.69) is 15.5 Å². The summed E-state index contributed by atoms with van der Waals surface area (Å²) in [7, 11) is 1.68. The van der Waals surface area contributed by atoms with E-state index in [4.69, 9.17) is 9.47 Å². The van der Waals surface area contributed by atoms with Crippen LogP contribution in [0.4, 0.5) is 0 Å². The molecule has 1 aromatic carbocycles. The standard InChI is InChI=1S/C18H29N3O3.ClH/c1-23-14-3-15-24-17-6-4-16(5-7-17)18(22)20-8-2-11-21-12-9-19-10-13-21;/h4-7,19H,2-3,8-15H2,1H3,(H,20,22);1H. The Balaban J connectivity index is 0.00000312. The van der Waals surface area contributed by atoms with Crippen molar-refractivity contribution >= 4 is 18.3 Å². The van der Waals surface area contributed by atoms with Crippen LogP contribution >= 0.6 is 12.4 Å². The highest BCUT2D eigenvalue weighted by molar-refractivity contribution is 5.94. The first-order valence-electron chi connectivity index (χ1n) is 8.72. The van der Waals surface area contributed by atoms with Gasteiger partial charge in [0, 0.05) is 58.4 Å². The maximum Gasteiger partial charge on any atom is 0.251 e. The third kappa shape index (κ3) is 8.54. The molecule has 6 nitrogen and oxygen atoms in total. The summed E-state index contributed by atoms with van der Waals surface area (Å²) >= 11 is 0. The van der Waals surface area contributed by atoms with Crippen LogP contribution in [0.2, 0.25) is 0 Å². The molecule has 0 bridgehead atoms. The van der Waals surface area contributed by atoms with Gasteiger partial charge < -0.3 is 25.0 Å². The van der Waals surface area contributed by atoms with Crippen molar-refractivity contribution in [2.75, 3.05) is 59.6 Å². The molecule has 1 aromatic rings. The lowest BCUT2D eigenvalue weighted by molar-refractivity contribution is 0.0951. The second-order valence-electron chi connectivity index (χ2n) is 5.92. The molecule has 1 aliphatic rings. The molecule has 2 rings (SSSR count).